The third kappa shape index (κ3) is 2.99. The maximum absolute atomic E-state index is 5.94. The topological polar surface area (TPSA) is 41.0 Å². The largest absolute Gasteiger partial charge is 0.368 e. The first-order valence-electron chi connectivity index (χ1n) is 6.66. The third-order valence-corrected chi connectivity index (χ3v) is 4.43. The number of thiophene rings is 1. The van der Waals surface area contributed by atoms with E-state index in [2.05, 4.69) is 27.1 Å². The predicted octanol–water partition coefficient (Wildman–Crippen LogP) is 3.24. The number of nitrogens with one attached hydrogen (secondary N) is 1. The molecule has 0 atom stereocenters. The number of hydrogen-bond donors (Lipinski definition) is 1. The average Bonchev–Trinajstić information content (AvgIpc) is 3.12. The molecule has 6 heteroatoms. The van der Waals surface area contributed by atoms with Crippen LogP contribution in [0.15, 0.2) is 11.4 Å². The zero-order valence-corrected chi connectivity index (χ0v) is 12.5. The van der Waals surface area contributed by atoms with Gasteiger partial charge in [0.05, 0.1) is 5.39 Å². The summed E-state index contributed by atoms with van der Waals surface area (Å²) in [4.78, 5) is 12.0. The molecular weight excluding hydrogens is 280 g/mol. The monoisotopic (exact) mass is 296 g/mol. The molecule has 2 aromatic rings. The van der Waals surface area contributed by atoms with Crippen molar-refractivity contribution in [3.63, 3.8) is 0 Å². The molecule has 4 nitrogen and oxygen atoms in total. The van der Waals surface area contributed by atoms with Crippen LogP contribution in [0.25, 0.3) is 10.2 Å². The minimum Gasteiger partial charge on any atom is -0.368 e. The Kier molecular flexibility index (Phi) is 3.86. The molecule has 1 aliphatic rings. The molecule has 1 fully saturated rings. The Morgan fingerprint density at radius 2 is 2.32 bits per heavy atom. The average molecular weight is 297 g/mol. The zero-order valence-electron chi connectivity index (χ0n) is 10.9. The second-order valence-corrected chi connectivity index (χ2v) is 6.00. The molecule has 0 amide bonds. The van der Waals surface area contributed by atoms with Crippen LogP contribution in [0.1, 0.15) is 19.8 Å². The Balaban J connectivity index is 1.66. The van der Waals surface area contributed by atoms with Gasteiger partial charge in [-0.15, -0.1) is 11.3 Å². The van der Waals surface area contributed by atoms with Crippen molar-refractivity contribution in [2.45, 2.75) is 25.8 Å². The summed E-state index contributed by atoms with van der Waals surface area (Å²) in [7, 11) is 0. The van der Waals surface area contributed by atoms with Gasteiger partial charge in [-0.2, -0.15) is 0 Å². The van der Waals surface area contributed by atoms with Gasteiger partial charge in [0, 0.05) is 19.1 Å². The van der Waals surface area contributed by atoms with E-state index in [0.29, 0.717) is 5.28 Å². The quantitative estimate of drug-likeness (QED) is 0.831. The van der Waals surface area contributed by atoms with E-state index in [4.69, 9.17) is 11.6 Å². The summed E-state index contributed by atoms with van der Waals surface area (Å²) in [5, 5.41) is 6.78. The third-order valence-electron chi connectivity index (χ3n) is 3.46. The second kappa shape index (κ2) is 5.61. The SMILES string of the molecule is CCN(CCNc1nc(Cl)nc2sccc12)C1CC1. The Morgan fingerprint density at radius 1 is 1.47 bits per heavy atom. The number of likely N-dealkylation sites (N-methyl/N-ethyl adjacent to an activating group) is 1. The lowest BCUT2D eigenvalue weighted by molar-refractivity contribution is 0.289. The van der Waals surface area contributed by atoms with Crippen molar-refractivity contribution in [3.8, 4) is 0 Å². The minimum atomic E-state index is 0.312. The fraction of sp³-hybridized carbons (Fsp3) is 0.538. The van der Waals surface area contributed by atoms with E-state index in [0.717, 1.165) is 41.7 Å². The van der Waals surface area contributed by atoms with Crippen molar-refractivity contribution in [1.82, 2.24) is 14.9 Å². The molecule has 0 saturated heterocycles. The van der Waals surface area contributed by atoms with Crippen LogP contribution in [-0.2, 0) is 0 Å². The maximum Gasteiger partial charge on any atom is 0.225 e. The Bertz CT molecular complexity index is 567. The number of nitrogens with zero attached hydrogens (tertiary/aromatic N) is 3. The molecule has 0 unspecified atom stereocenters. The van der Waals surface area contributed by atoms with Crippen LogP contribution in [0.5, 0.6) is 0 Å². The van der Waals surface area contributed by atoms with Gasteiger partial charge in [0.25, 0.3) is 0 Å². The molecule has 0 bridgehead atoms. The van der Waals surface area contributed by atoms with E-state index in [-0.39, 0.29) is 0 Å². The fourth-order valence-electron chi connectivity index (χ4n) is 2.32. The summed E-state index contributed by atoms with van der Waals surface area (Å²) in [6, 6.07) is 2.85. The lowest BCUT2D eigenvalue weighted by Crippen LogP contribution is -2.31. The van der Waals surface area contributed by atoms with Gasteiger partial charge >= 0.3 is 0 Å². The van der Waals surface area contributed by atoms with Gasteiger partial charge < -0.3 is 5.32 Å². The molecule has 0 spiro atoms. The fourth-order valence-corrected chi connectivity index (χ4v) is 3.30. The van der Waals surface area contributed by atoms with Crippen LogP contribution in [0, 0.1) is 0 Å². The van der Waals surface area contributed by atoms with E-state index in [1.54, 1.807) is 11.3 Å². The van der Waals surface area contributed by atoms with Crippen LogP contribution in [-0.4, -0.2) is 40.5 Å². The molecule has 19 heavy (non-hydrogen) atoms. The van der Waals surface area contributed by atoms with Crippen LogP contribution in [0.2, 0.25) is 5.28 Å². The van der Waals surface area contributed by atoms with E-state index in [9.17, 15) is 0 Å². The van der Waals surface area contributed by atoms with E-state index in [1.165, 1.54) is 12.8 Å². The van der Waals surface area contributed by atoms with Crippen LogP contribution in [0.3, 0.4) is 0 Å². The standard InChI is InChI=1S/C13H17ClN4S/c1-2-18(9-3-4-9)7-6-15-11-10-5-8-19-12(10)17-13(14)16-11/h5,8-9H,2-4,6-7H2,1H3,(H,15,16,17). The first kappa shape index (κ1) is 13.1. The summed E-state index contributed by atoms with van der Waals surface area (Å²) in [6.07, 6.45) is 2.70. The molecule has 1 aliphatic carbocycles. The molecule has 2 aromatic heterocycles. The van der Waals surface area contributed by atoms with Crippen molar-refractivity contribution < 1.29 is 0 Å². The van der Waals surface area contributed by atoms with Gasteiger partial charge in [-0.3, -0.25) is 4.90 Å². The lowest BCUT2D eigenvalue weighted by Gasteiger charge is -2.20. The highest BCUT2D eigenvalue weighted by Crippen LogP contribution is 2.27. The van der Waals surface area contributed by atoms with Crippen LogP contribution >= 0.6 is 22.9 Å². The highest BCUT2D eigenvalue weighted by Gasteiger charge is 2.27. The first-order valence-corrected chi connectivity index (χ1v) is 7.92. The van der Waals surface area contributed by atoms with Gasteiger partial charge in [-0.25, -0.2) is 9.97 Å². The van der Waals surface area contributed by atoms with Crippen LogP contribution in [0.4, 0.5) is 5.82 Å². The molecule has 2 heterocycles. The van der Waals surface area contributed by atoms with Crippen LogP contribution < -0.4 is 5.32 Å². The maximum atomic E-state index is 5.94. The molecule has 0 radical (unpaired) electrons. The lowest BCUT2D eigenvalue weighted by atomic mass is 10.3. The van der Waals surface area contributed by atoms with E-state index >= 15 is 0 Å². The normalized spacial score (nSPS) is 15.3. The van der Waals surface area contributed by atoms with Crippen molar-refractivity contribution in [3.05, 3.63) is 16.7 Å². The van der Waals surface area contributed by atoms with Crippen molar-refractivity contribution >= 4 is 39.0 Å². The molecule has 3 rings (SSSR count). The number of rotatable bonds is 6. The van der Waals surface area contributed by atoms with Crippen molar-refractivity contribution in [2.75, 3.05) is 25.0 Å². The number of fused-ring (bicyclic) bond motifs is 1. The predicted molar refractivity (Wildman–Crippen MR) is 81.2 cm³/mol. The summed E-state index contributed by atoms with van der Waals surface area (Å²) in [5.41, 5.74) is 0. The number of aromatic nitrogens is 2. The molecule has 1 saturated carbocycles. The summed E-state index contributed by atoms with van der Waals surface area (Å²) in [6.45, 7) is 5.28. The zero-order chi connectivity index (χ0) is 13.2. The summed E-state index contributed by atoms with van der Waals surface area (Å²) in [5.74, 6) is 0.850. The van der Waals surface area contributed by atoms with E-state index in [1.807, 2.05) is 11.4 Å². The Hall–Kier alpha value is -0.910. The molecule has 0 aromatic carbocycles. The van der Waals surface area contributed by atoms with Crippen molar-refractivity contribution in [2.24, 2.45) is 0 Å². The highest BCUT2D eigenvalue weighted by molar-refractivity contribution is 7.16. The number of halogens is 1. The number of hydrogen-bond acceptors (Lipinski definition) is 5. The second-order valence-electron chi connectivity index (χ2n) is 4.77. The van der Waals surface area contributed by atoms with E-state index < -0.39 is 0 Å². The Morgan fingerprint density at radius 3 is 3.05 bits per heavy atom. The molecule has 0 aliphatic heterocycles. The highest BCUT2D eigenvalue weighted by atomic mass is 35.5. The first-order chi connectivity index (χ1) is 9.28. The van der Waals surface area contributed by atoms with Gasteiger partial charge in [0.2, 0.25) is 5.28 Å². The van der Waals surface area contributed by atoms with Gasteiger partial charge in [-0.05, 0) is 42.4 Å². The number of anilines is 1. The van der Waals surface area contributed by atoms with Gasteiger partial charge in [0.1, 0.15) is 10.6 Å². The molecule has 102 valence electrons. The van der Waals surface area contributed by atoms with Crippen molar-refractivity contribution in [1.29, 1.82) is 0 Å². The van der Waals surface area contributed by atoms with Gasteiger partial charge in [0.15, 0.2) is 0 Å². The summed E-state index contributed by atoms with van der Waals surface area (Å²) < 4.78 is 0. The molecular formula is C13H17ClN4S. The molecule has 1 N–H and O–H groups in total. The smallest absolute Gasteiger partial charge is 0.225 e. The van der Waals surface area contributed by atoms with Gasteiger partial charge in [-0.1, -0.05) is 6.92 Å². The minimum absolute atomic E-state index is 0.312. The Labute approximate surface area is 121 Å². The summed E-state index contributed by atoms with van der Waals surface area (Å²) >= 11 is 7.53.